The minimum atomic E-state index is -0.0922. The number of aromatic nitrogens is 2. The summed E-state index contributed by atoms with van der Waals surface area (Å²) in [5, 5.41) is 6.43. The molecule has 0 radical (unpaired) electrons. The minimum absolute atomic E-state index is 0.0922. The average molecular weight is 394 g/mol. The van der Waals surface area contributed by atoms with Crippen molar-refractivity contribution in [2.45, 2.75) is 20.0 Å². The van der Waals surface area contributed by atoms with E-state index in [9.17, 15) is 4.79 Å². The van der Waals surface area contributed by atoms with E-state index in [1.54, 1.807) is 6.07 Å². The summed E-state index contributed by atoms with van der Waals surface area (Å²) in [5.74, 6) is 0.397. The summed E-state index contributed by atoms with van der Waals surface area (Å²) in [5.41, 5.74) is 10.5. The van der Waals surface area contributed by atoms with Crippen LogP contribution in [0.4, 0.5) is 5.82 Å². The number of para-hydroxylation sites is 1. The van der Waals surface area contributed by atoms with E-state index in [1.807, 2.05) is 48.5 Å². The van der Waals surface area contributed by atoms with Gasteiger partial charge in [-0.25, -0.2) is 4.98 Å². The lowest BCUT2D eigenvalue weighted by atomic mass is 10.1. The Morgan fingerprint density at radius 3 is 2.63 bits per heavy atom. The Bertz CT molecular complexity index is 1420. The van der Waals surface area contributed by atoms with Crippen molar-refractivity contribution in [3.63, 3.8) is 0 Å². The van der Waals surface area contributed by atoms with Gasteiger partial charge >= 0.3 is 0 Å². The first-order valence-electron chi connectivity index (χ1n) is 10.1. The van der Waals surface area contributed by atoms with Crippen LogP contribution in [0, 0.1) is 0 Å². The molecule has 3 N–H and O–H groups in total. The summed E-state index contributed by atoms with van der Waals surface area (Å²) in [6, 6.07) is 24.0. The predicted molar refractivity (Wildman–Crippen MR) is 122 cm³/mol. The predicted octanol–water partition coefficient (Wildman–Crippen LogP) is 4.87. The van der Waals surface area contributed by atoms with Crippen LogP contribution in [0.15, 0.2) is 72.8 Å². The molecule has 0 fully saturated rings. The number of nitrogen functional groups attached to an aromatic ring is 1. The van der Waals surface area contributed by atoms with Crippen LogP contribution in [0.3, 0.4) is 0 Å². The van der Waals surface area contributed by atoms with Crippen LogP contribution < -0.4 is 11.1 Å². The van der Waals surface area contributed by atoms with Gasteiger partial charge in [0.1, 0.15) is 5.82 Å². The lowest BCUT2D eigenvalue weighted by molar-refractivity contribution is 0.0951. The number of aryl methyl sites for hydroxylation is 1. The summed E-state index contributed by atoms with van der Waals surface area (Å²) in [6.45, 7) is 3.40. The molecule has 3 aromatic carbocycles. The van der Waals surface area contributed by atoms with Gasteiger partial charge in [-0.05, 0) is 48.9 Å². The number of hydrogen-bond donors (Lipinski definition) is 2. The van der Waals surface area contributed by atoms with Gasteiger partial charge in [-0.3, -0.25) is 4.79 Å². The molecule has 0 saturated heterocycles. The number of pyridine rings is 1. The van der Waals surface area contributed by atoms with E-state index in [1.165, 1.54) is 16.3 Å². The van der Waals surface area contributed by atoms with E-state index in [0.29, 0.717) is 17.9 Å². The normalized spacial score (nSPS) is 11.4. The Kier molecular flexibility index (Phi) is 4.36. The molecule has 0 spiro atoms. The highest BCUT2D eigenvalue weighted by Crippen LogP contribution is 2.29. The van der Waals surface area contributed by atoms with Gasteiger partial charge in [0.2, 0.25) is 0 Å². The third-order valence-corrected chi connectivity index (χ3v) is 5.58. The summed E-state index contributed by atoms with van der Waals surface area (Å²) in [4.78, 5) is 17.2. The van der Waals surface area contributed by atoms with Gasteiger partial charge in [-0.1, -0.05) is 36.4 Å². The van der Waals surface area contributed by atoms with Crippen molar-refractivity contribution in [2.75, 3.05) is 5.73 Å². The molecule has 148 valence electrons. The van der Waals surface area contributed by atoms with E-state index in [0.717, 1.165) is 28.5 Å². The van der Waals surface area contributed by atoms with Crippen molar-refractivity contribution in [3.8, 4) is 0 Å². The maximum Gasteiger partial charge on any atom is 0.251 e. The van der Waals surface area contributed by atoms with E-state index in [4.69, 9.17) is 5.73 Å². The first-order chi connectivity index (χ1) is 14.6. The van der Waals surface area contributed by atoms with Gasteiger partial charge < -0.3 is 15.6 Å². The molecule has 5 nitrogen and oxygen atoms in total. The molecule has 0 aliphatic carbocycles. The molecule has 5 aromatic rings. The second kappa shape index (κ2) is 7.19. The Morgan fingerprint density at radius 1 is 0.967 bits per heavy atom. The van der Waals surface area contributed by atoms with Crippen LogP contribution in [0.1, 0.15) is 22.8 Å². The highest BCUT2D eigenvalue weighted by molar-refractivity contribution is 6.10. The molecular weight excluding hydrogens is 372 g/mol. The lowest BCUT2D eigenvalue weighted by Gasteiger charge is -2.08. The van der Waals surface area contributed by atoms with Crippen molar-refractivity contribution in [3.05, 3.63) is 83.9 Å². The smallest absolute Gasteiger partial charge is 0.251 e. The standard InChI is InChI=1S/C25H22N4O/c1-2-29-22-6-4-3-5-19(22)20-11-9-18(14-23(20)29)25(30)27-15-16-7-8-17-10-12-24(26)28-21(17)13-16/h3-14H,2,15H2,1H3,(H2,26,28)(H,27,30). The number of hydrogen-bond acceptors (Lipinski definition) is 3. The Labute approximate surface area is 174 Å². The lowest BCUT2D eigenvalue weighted by Crippen LogP contribution is -2.22. The van der Waals surface area contributed by atoms with Crippen LogP contribution in [0.5, 0.6) is 0 Å². The van der Waals surface area contributed by atoms with E-state index < -0.39 is 0 Å². The molecule has 0 aliphatic heterocycles. The van der Waals surface area contributed by atoms with Gasteiger partial charge in [0.25, 0.3) is 5.91 Å². The molecule has 2 aromatic heterocycles. The molecule has 0 saturated carbocycles. The van der Waals surface area contributed by atoms with Crippen LogP contribution in [0.25, 0.3) is 32.7 Å². The zero-order chi connectivity index (χ0) is 20.7. The van der Waals surface area contributed by atoms with E-state index in [-0.39, 0.29) is 5.91 Å². The van der Waals surface area contributed by atoms with Gasteiger partial charge in [0.15, 0.2) is 0 Å². The molecule has 30 heavy (non-hydrogen) atoms. The van der Waals surface area contributed by atoms with Crippen LogP contribution in [-0.2, 0) is 13.1 Å². The fourth-order valence-electron chi connectivity index (χ4n) is 4.10. The third-order valence-electron chi connectivity index (χ3n) is 5.58. The van der Waals surface area contributed by atoms with Crippen molar-refractivity contribution in [1.82, 2.24) is 14.9 Å². The largest absolute Gasteiger partial charge is 0.384 e. The molecule has 5 rings (SSSR count). The maximum absolute atomic E-state index is 12.8. The highest BCUT2D eigenvalue weighted by atomic mass is 16.1. The van der Waals surface area contributed by atoms with Crippen LogP contribution in [0.2, 0.25) is 0 Å². The second-order valence-electron chi connectivity index (χ2n) is 7.44. The number of nitrogens with zero attached hydrogens (tertiary/aromatic N) is 2. The molecule has 2 heterocycles. The number of amides is 1. The average Bonchev–Trinajstić information content (AvgIpc) is 3.10. The van der Waals surface area contributed by atoms with Crippen molar-refractivity contribution in [1.29, 1.82) is 0 Å². The number of fused-ring (bicyclic) bond motifs is 4. The number of nitrogens with one attached hydrogen (secondary N) is 1. The first kappa shape index (κ1) is 18.2. The quantitative estimate of drug-likeness (QED) is 0.456. The summed E-state index contributed by atoms with van der Waals surface area (Å²) < 4.78 is 2.25. The molecule has 1 amide bonds. The first-order valence-corrected chi connectivity index (χ1v) is 10.1. The van der Waals surface area contributed by atoms with Crippen molar-refractivity contribution < 1.29 is 4.79 Å². The molecule has 0 atom stereocenters. The second-order valence-corrected chi connectivity index (χ2v) is 7.44. The monoisotopic (exact) mass is 394 g/mol. The fourth-order valence-corrected chi connectivity index (χ4v) is 4.10. The van der Waals surface area contributed by atoms with Crippen LogP contribution in [-0.4, -0.2) is 15.5 Å². The molecular formula is C25H22N4O. The third kappa shape index (κ3) is 3.05. The minimum Gasteiger partial charge on any atom is -0.384 e. The Balaban J connectivity index is 1.43. The topological polar surface area (TPSA) is 72.9 Å². The summed E-state index contributed by atoms with van der Waals surface area (Å²) in [6.07, 6.45) is 0. The molecule has 0 bridgehead atoms. The number of carbonyl (C=O) groups excluding carboxylic acids is 1. The maximum atomic E-state index is 12.8. The van der Waals surface area contributed by atoms with E-state index in [2.05, 4.69) is 40.0 Å². The summed E-state index contributed by atoms with van der Waals surface area (Å²) >= 11 is 0. The number of benzene rings is 3. The van der Waals surface area contributed by atoms with Gasteiger partial charge in [-0.15, -0.1) is 0 Å². The fraction of sp³-hybridized carbons (Fsp3) is 0.120. The van der Waals surface area contributed by atoms with E-state index >= 15 is 0 Å². The number of rotatable bonds is 4. The Morgan fingerprint density at radius 2 is 1.77 bits per heavy atom. The molecule has 0 unspecified atom stereocenters. The van der Waals surface area contributed by atoms with Crippen LogP contribution >= 0.6 is 0 Å². The molecule has 0 aliphatic rings. The SMILES string of the molecule is CCn1c2ccccc2c2ccc(C(=O)NCc3ccc4ccc(N)nc4c3)cc21. The molecule has 5 heteroatoms. The van der Waals surface area contributed by atoms with Crippen molar-refractivity contribution in [2.24, 2.45) is 0 Å². The zero-order valence-electron chi connectivity index (χ0n) is 16.7. The summed E-state index contributed by atoms with van der Waals surface area (Å²) in [7, 11) is 0. The number of anilines is 1. The number of carbonyl (C=O) groups is 1. The van der Waals surface area contributed by atoms with Gasteiger partial charge in [-0.2, -0.15) is 0 Å². The van der Waals surface area contributed by atoms with Gasteiger partial charge in [0, 0.05) is 45.8 Å². The zero-order valence-corrected chi connectivity index (χ0v) is 16.7. The number of nitrogens with two attached hydrogens (primary N) is 1. The van der Waals surface area contributed by atoms with Gasteiger partial charge in [0.05, 0.1) is 5.52 Å². The Hall–Kier alpha value is -3.86. The highest BCUT2D eigenvalue weighted by Gasteiger charge is 2.13. The van der Waals surface area contributed by atoms with Crippen molar-refractivity contribution >= 4 is 44.4 Å².